The molecular weight excluding hydrogens is 259 g/mol. The second-order valence-corrected chi connectivity index (χ2v) is 4.94. The van der Waals surface area contributed by atoms with Gasteiger partial charge in [0.05, 0.1) is 5.56 Å². The van der Waals surface area contributed by atoms with Crippen molar-refractivity contribution >= 4 is 5.91 Å². The van der Waals surface area contributed by atoms with Crippen LogP contribution in [0.1, 0.15) is 37.7 Å². The summed E-state index contributed by atoms with van der Waals surface area (Å²) in [5.41, 5.74) is -0.0380. The van der Waals surface area contributed by atoms with Gasteiger partial charge in [-0.1, -0.05) is 19.3 Å². The van der Waals surface area contributed by atoms with Crippen LogP contribution in [0.3, 0.4) is 0 Å². The molecule has 0 aromatic heterocycles. The molecule has 4 nitrogen and oxygen atoms in total. The maximum absolute atomic E-state index is 13.3. The fourth-order valence-electron chi connectivity index (χ4n) is 2.34. The number of nitrogens with one attached hydrogen (secondary N) is 1. The SMILES string of the molecule is N#Cc1ccc(OCC(=O)NC2CCCCC2)cc1F. The molecule has 1 aliphatic carbocycles. The van der Waals surface area contributed by atoms with Gasteiger partial charge in [-0.3, -0.25) is 4.79 Å². The third-order valence-electron chi connectivity index (χ3n) is 3.40. The zero-order valence-corrected chi connectivity index (χ0v) is 11.2. The maximum Gasteiger partial charge on any atom is 0.258 e. The molecule has 0 radical (unpaired) electrons. The second-order valence-electron chi connectivity index (χ2n) is 4.94. The van der Waals surface area contributed by atoms with Gasteiger partial charge < -0.3 is 10.1 Å². The first-order valence-corrected chi connectivity index (χ1v) is 6.81. The number of rotatable bonds is 4. The number of amides is 1. The van der Waals surface area contributed by atoms with E-state index in [1.165, 1.54) is 18.6 Å². The van der Waals surface area contributed by atoms with Crippen LogP contribution in [0.25, 0.3) is 0 Å². The molecule has 0 unspecified atom stereocenters. The Balaban J connectivity index is 1.81. The highest BCUT2D eigenvalue weighted by molar-refractivity contribution is 5.77. The van der Waals surface area contributed by atoms with Crippen molar-refractivity contribution in [3.05, 3.63) is 29.6 Å². The van der Waals surface area contributed by atoms with Gasteiger partial charge in [0.2, 0.25) is 0 Å². The Bertz CT molecular complexity index is 519. The molecule has 20 heavy (non-hydrogen) atoms. The van der Waals surface area contributed by atoms with Crippen molar-refractivity contribution in [1.29, 1.82) is 5.26 Å². The van der Waals surface area contributed by atoms with Crippen molar-refractivity contribution in [3.63, 3.8) is 0 Å². The molecule has 0 saturated heterocycles. The molecule has 0 atom stereocenters. The standard InChI is InChI=1S/C15H17FN2O2/c16-14-8-13(7-6-11(14)9-17)20-10-15(19)18-12-4-2-1-3-5-12/h6-8,12H,1-5,10H2,(H,18,19). The van der Waals surface area contributed by atoms with E-state index < -0.39 is 5.82 Å². The number of nitriles is 1. The number of nitrogens with zero attached hydrogens (tertiary/aromatic N) is 1. The molecule has 106 valence electrons. The zero-order chi connectivity index (χ0) is 14.4. The van der Waals surface area contributed by atoms with Crippen LogP contribution >= 0.6 is 0 Å². The van der Waals surface area contributed by atoms with Crippen molar-refractivity contribution in [2.24, 2.45) is 0 Å². The van der Waals surface area contributed by atoms with Crippen LogP contribution in [0.5, 0.6) is 5.75 Å². The molecule has 5 heteroatoms. The van der Waals surface area contributed by atoms with Crippen LogP contribution < -0.4 is 10.1 Å². The summed E-state index contributed by atoms with van der Waals surface area (Å²) in [7, 11) is 0. The third-order valence-corrected chi connectivity index (χ3v) is 3.40. The van der Waals surface area contributed by atoms with Crippen molar-refractivity contribution in [2.45, 2.75) is 38.1 Å². The van der Waals surface area contributed by atoms with Crippen molar-refractivity contribution in [3.8, 4) is 11.8 Å². The van der Waals surface area contributed by atoms with Crippen LogP contribution in [0, 0.1) is 17.1 Å². The van der Waals surface area contributed by atoms with Gasteiger partial charge in [0.1, 0.15) is 17.6 Å². The fraction of sp³-hybridized carbons (Fsp3) is 0.467. The molecule has 1 N–H and O–H groups in total. The van der Waals surface area contributed by atoms with Crippen molar-refractivity contribution in [2.75, 3.05) is 6.61 Å². The van der Waals surface area contributed by atoms with Gasteiger partial charge in [-0.15, -0.1) is 0 Å². The molecule has 1 aliphatic rings. The highest BCUT2D eigenvalue weighted by Crippen LogP contribution is 2.18. The van der Waals surface area contributed by atoms with Crippen LogP contribution in [0.4, 0.5) is 4.39 Å². The largest absolute Gasteiger partial charge is 0.484 e. The van der Waals surface area contributed by atoms with E-state index in [-0.39, 0.29) is 29.9 Å². The summed E-state index contributed by atoms with van der Waals surface area (Å²) >= 11 is 0. The van der Waals surface area contributed by atoms with E-state index in [1.54, 1.807) is 6.07 Å². The Morgan fingerprint density at radius 3 is 2.80 bits per heavy atom. The summed E-state index contributed by atoms with van der Waals surface area (Å²) in [6, 6.07) is 5.90. The van der Waals surface area contributed by atoms with Crippen molar-refractivity contribution in [1.82, 2.24) is 5.32 Å². The highest BCUT2D eigenvalue weighted by Gasteiger charge is 2.15. The van der Waals surface area contributed by atoms with Gasteiger partial charge >= 0.3 is 0 Å². The van der Waals surface area contributed by atoms with Crippen LogP contribution in [-0.2, 0) is 4.79 Å². The Hall–Kier alpha value is -2.09. The van der Waals surface area contributed by atoms with E-state index in [2.05, 4.69) is 5.32 Å². The monoisotopic (exact) mass is 276 g/mol. The predicted octanol–water partition coefficient (Wildman–Crippen LogP) is 2.53. The quantitative estimate of drug-likeness (QED) is 0.919. The smallest absolute Gasteiger partial charge is 0.258 e. The molecule has 0 heterocycles. The van der Waals surface area contributed by atoms with Gasteiger partial charge in [0.15, 0.2) is 6.61 Å². The Labute approximate surface area is 117 Å². The van der Waals surface area contributed by atoms with E-state index >= 15 is 0 Å². The van der Waals surface area contributed by atoms with E-state index in [1.807, 2.05) is 0 Å². The first-order chi connectivity index (χ1) is 9.69. The topological polar surface area (TPSA) is 62.1 Å². The average Bonchev–Trinajstić information content (AvgIpc) is 2.46. The van der Waals surface area contributed by atoms with Crippen LogP contribution in [0.15, 0.2) is 18.2 Å². The van der Waals surface area contributed by atoms with Crippen LogP contribution in [0.2, 0.25) is 0 Å². The van der Waals surface area contributed by atoms with Gasteiger partial charge in [-0.2, -0.15) is 5.26 Å². The molecule has 0 spiro atoms. The molecule has 1 aromatic rings. The molecule has 1 amide bonds. The van der Waals surface area contributed by atoms with E-state index in [0.29, 0.717) is 0 Å². The Morgan fingerprint density at radius 1 is 1.40 bits per heavy atom. The lowest BCUT2D eigenvalue weighted by molar-refractivity contribution is -0.124. The molecule has 2 rings (SSSR count). The van der Waals surface area contributed by atoms with Crippen LogP contribution in [-0.4, -0.2) is 18.6 Å². The minimum atomic E-state index is -0.641. The second kappa shape index (κ2) is 6.90. The lowest BCUT2D eigenvalue weighted by Crippen LogP contribution is -2.38. The zero-order valence-electron chi connectivity index (χ0n) is 11.2. The number of benzene rings is 1. The van der Waals surface area contributed by atoms with Gasteiger partial charge in [-0.25, -0.2) is 4.39 Å². The summed E-state index contributed by atoms with van der Waals surface area (Å²) < 4.78 is 18.6. The third kappa shape index (κ3) is 3.95. The summed E-state index contributed by atoms with van der Waals surface area (Å²) in [6.07, 6.45) is 5.54. The Kier molecular flexibility index (Phi) is 4.94. The number of ether oxygens (including phenoxy) is 1. The van der Waals surface area contributed by atoms with E-state index in [9.17, 15) is 9.18 Å². The minimum Gasteiger partial charge on any atom is -0.484 e. The molecule has 1 aromatic carbocycles. The molecule has 1 fully saturated rings. The maximum atomic E-state index is 13.3. The lowest BCUT2D eigenvalue weighted by atomic mass is 9.95. The molecule has 0 aliphatic heterocycles. The van der Waals surface area contributed by atoms with E-state index in [4.69, 9.17) is 10.00 Å². The number of hydrogen-bond donors (Lipinski definition) is 1. The average molecular weight is 276 g/mol. The summed E-state index contributed by atoms with van der Waals surface area (Å²) in [5, 5.41) is 11.5. The molecular formula is C15H17FN2O2. The molecule has 0 bridgehead atoms. The minimum absolute atomic E-state index is 0.0380. The van der Waals surface area contributed by atoms with E-state index in [0.717, 1.165) is 31.7 Å². The molecule has 1 saturated carbocycles. The van der Waals surface area contributed by atoms with Crippen molar-refractivity contribution < 1.29 is 13.9 Å². The van der Waals surface area contributed by atoms with Gasteiger partial charge in [0, 0.05) is 12.1 Å². The highest BCUT2D eigenvalue weighted by atomic mass is 19.1. The first kappa shape index (κ1) is 14.3. The number of carbonyl (C=O) groups excluding carboxylic acids is 1. The predicted molar refractivity (Wildman–Crippen MR) is 71.6 cm³/mol. The number of carbonyl (C=O) groups is 1. The first-order valence-electron chi connectivity index (χ1n) is 6.81. The number of hydrogen-bond acceptors (Lipinski definition) is 3. The number of halogens is 1. The van der Waals surface area contributed by atoms with Gasteiger partial charge in [-0.05, 0) is 25.0 Å². The Morgan fingerprint density at radius 2 is 2.15 bits per heavy atom. The summed E-state index contributed by atoms with van der Waals surface area (Å²) in [6.45, 7) is -0.137. The normalized spacial score (nSPS) is 15.4. The summed E-state index contributed by atoms with van der Waals surface area (Å²) in [5.74, 6) is -0.584. The van der Waals surface area contributed by atoms with Gasteiger partial charge in [0.25, 0.3) is 5.91 Å². The summed E-state index contributed by atoms with van der Waals surface area (Å²) in [4.78, 5) is 11.7. The fourth-order valence-corrected chi connectivity index (χ4v) is 2.34. The lowest BCUT2D eigenvalue weighted by Gasteiger charge is -2.22.